The molecule has 1 aromatic heterocycles. The lowest BCUT2D eigenvalue weighted by Crippen LogP contribution is -2.39. The van der Waals surface area contributed by atoms with Gasteiger partial charge in [0.1, 0.15) is 12.7 Å². The number of nitrogens with zero attached hydrogens (tertiary/aromatic N) is 3. The number of amides is 2. The van der Waals surface area contributed by atoms with Crippen LogP contribution in [0.3, 0.4) is 0 Å². The Morgan fingerprint density at radius 2 is 1.76 bits per heavy atom. The van der Waals surface area contributed by atoms with E-state index < -0.39 is 11.8 Å². The Labute approximate surface area is 122 Å². The van der Waals surface area contributed by atoms with Crippen molar-refractivity contribution < 1.29 is 9.59 Å². The molecule has 2 aromatic rings. The second kappa shape index (κ2) is 6.65. The molecule has 0 saturated carbocycles. The number of aryl methyl sites for hydroxylation is 1. The van der Waals surface area contributed by atoms with Gasteiger partial charge in [-0.25, -0.2) is 4.68 Å². The average molecular weight is 287 g/mol. The minimum absolute atomic E-state index is 0.255. The van der Waals surface area contributed by atoms with Crippen molar-refractivity contribution in [3.05, 3.63) is 48.0 Å². The first-order valence-corrected chi connectivity index (χ1v) is 6.65. The summed E-state index contributed by atoms with van der Waals surface area (Å²) < 4.78 is 1.21. The van der Waals surface area contributed by atoms with Crippen LogP contribution in [0, 0.1) is 0 Å². The van der Waals surface area contributed by atoms with E-state index in [1.165, 1.54) is 22.9 Å². The summed E-state index contributed by atoms with van der Waals surface area (Å²) in [6.45, 7) is 3.90. The monoisotopic (exact) mass is 287 g/mol. The number of hydrogen-bond donors (Lipinski definition) is 2. The predicted molar refractivity (Wildman–Crippen MR) is 76.8 cm³/mol. The Morgan fingerprint density at radius 1 is 1.14 bits per heavy atom. The maximum absolute atomic E-state index is 11.8. The van der Waals surface area contributed by atoms with Gasteiger partial charge in [-0.15, -0.1) is 10.2 Å². The number of benzene rings is 1. The molecule has 0 bridgehead atoms. The maximum Gasteiger partial charge on any atom is 0.328 e. The van der Waals surface area contributed by atoms with Gasteiger partial charge in [-0.05, 0) is 24.5 Å². The second-order valence-electron chi connectivity index (χ2n) is 4.60. The lowest BCUT2D eigenvalue weighted by molar-refractivity contribution is -0.137. The molecule has 0 aliphatic carbocycles. The molecule has 1 unspecified atom stereocenters. The molecule has 7 heteroatoms. The highest BCUT2D eigenvalue weighted by molar-refractivity contribution is 6.38. The number of aromatic nitrogens is 3. The quantitative estimate of drug-likeness (QED) is 0.814. The molecular weight excluding hydrogens is 270 g/mol. The van der Waals surface area contributed by atoms with Crippen molar-refractivity contribution in [3.8, 4) is 0 Å². The lowest BCUT2D eigenvalue weighted by Gasteiger charge is -2.14. The average Bonchev–Trinajstić information content (AvgIpc) is 3.00. The predicted octanol–water partition coefficient (Wildman–Crippen LogP) is 0.788. The van der Waals surface area contributed by atoms with Gasteiger partial charge in [0.05, 0.1) is 6.04 Å². The van der Waals surface area contributed by atoms with Crippen LogP contribution >= 0.6 is 0 Å². The van der Waals surface area contributed by atoms with Gasteiger partial charge in [-0.3, -0.25) is 15.0 Å². The molecular formula is C14H17N5O2. The van der Waals surface area contributed by atoms with Gasteiger partial charge in [-0.1, -0.05) is 31.2 Å². The molecule has 2 amide bonds. The molecule has 7 nitrogen and oxygen atoms in total. The van der Waals surface area contributed by atoms with Crippen LogP contribution in [0.25, 0.3) is 0 Å². The van der Waals surface area contributed by atoms with Crippen molar-refractivity contribution in [2.75, 3.05) is 5.43 Å². The third-order valence-electron chi connectivity index (χ3n) is 3.09. The molecule has 1 aromatic carbocycles. The van der Waals surface area contributed by atoms with E-state index in [-0.39, 0.29) is 6.04 Å². The Morgan fingerprint density at radius 3 is 2.33 bits per heavy atom. The summed E-state index contributed by atoms with van der Waals surface area (Å²) in [4.78, 5) is 23.5. The third-order valence-corrected chi connectivity index (χ3v) is 3.09. The summed E-state index contributed by atoms with van der Waals surface area (Å²) in [7, 11) is 0. The summed E-state index contributed by atoms with van der Waals surface area (Å²) in [5.41, 5.74) is 4.50. The smallest absolute Gasteiger partial charge is 0.328 e. The fourth-order valence-electron chi connectivity index (χ4n) is 1.81. The Kier molecular flexibility index (Phi) is 4.65. The number of carbonyl (C=O) groups excluding carboxylic acids is 2. The number of nitrogens with one attached hydrogen (secondary N) is 2. The van der Waals surface area contributed by atoms with Gasteiger partial charge >= 0.3 is 11.8 Å². The van der Waals surface area contributed by atoms with Crippen LogP contribution in [0.1, 0.15) is 31.0 Å². The van der Waals surface area contributed by atoms with E-state index in [0.717, 1.165) is 12.0 Å². The van der Waals surface area contributed by atoms with E-state index in [0.29, 0.717) is 0 Å². The minimum Gasteiger partial charge on any atom is -0.341 e. The molecule has 0 aliphatic rings. The van der Waals surface area contributed by atoms with Crippen LogP contribution in [0.5, 0.6) is 0 Å². The van der Waals surface area contributed by atoms with Gasteiger partial charge in [0, 0.05) is 0 Å². The van der Waals surface area contributed by atoms with Crippen LogP contribution in [-0.4, -0.2) is 26.7 Å². The highest BCUT2D eigenvalue weighted by Crippen LogP contribution is 2.13. The number of carbonyl (C=O) groups is 2. The van der Waals surface area contributed by atoms with Gasteiger partial charge in [0.25, 0.3) is 0 Å². The topological polar surface area (TPSA) is 88.9 Å². The molecule has 0 spiro atoms. The second-order valence-corrected chi connectivity index (χ2v) is 4.60. The number of rotatable bonds is 4. The first-order chi connectivity index (χ1) is 10.1. The molecule has 0 fully saturated rings. The van der Waals surface area contributed by atoms with Gasteiger partial charge in [-0.2, -0.15) is 0 Å². The first kappa shape index (κ1) is 14.7. The Balaban J connectivity index is 1.93. The zero-order chi connectivity index (χ0) is 15.2. The molecule has 0 aliphatic heterocycles. The molecule has 2 rings (SSSR count). The molecule has 21 heavy (non-hydrogen) atoms. The van der Waals surface area contributed by atoms with Gasteiger partial charge < -0.3 is 5.32 Å². The van der Waals surface area contributed by atoms with Crippen molar-refractivity contribution in [3.63, 3.8) is 0 Å². The summed E-state index contributed by atoms with van der Waals surface area (Å²) in [5.74, 6) is -1.48. The summed E-state index contributed by atoms with van der Waals surface area (Å²) in [6, 6.07) is 7.66. The molecule has 1 atom stereocenters. The van der Waals surface area contributed by atoms with E-state index >= 15 is 0 Å². The van der Waals surface area contributed by atoms with Crippen LogP contribution in [0.2, 0.25) is 0 Å². The fraction of sp³-hybridized carbons (Fsp3) is 0.286. The molecule has 1 heterocycles. The van der Waals surface area contributed by atoms with Crippen LogP contribution < -0.4 is 10.7 Å². The standard InChI is InChI=1S/C14H17N5O2/c1-3-11-4-6-12(7-5-11)10(2)17-13(20)14(21)18-19-8-15-16-9-19/h4-10H,3H2,1-2H3,(H,17,20)(H,18,21). The molecule has 2 N–H and O–H groups in total. The minimum atomic E-state index is -0.771. The fourth-order valence-corrected chi connectivity index (χ4v) is 1.81. The van der Waals surface area contributed by atoms with E-state index in [1.54, 1.807) is 0 Å². The zero-order valence-electron chi connectivity index (χ0n) is 11.9. The summed E-state index contributed by atoms with van der Waals surface area (Å²) >= 11 is 0. The van der Waals surface area contributed by atoms with Gasteiger partial charge in [0.15, 0.2) is 0 Å². The number of hydrogen-bond acceptors (Lipinski definition) is 4. The van der Waals surface area contributed by atoms with Crippen molar-refractivity contribution in [2.45, 2.75) is 26.3 Å². The SMILES string of the molecule is CCc1ccc(C(C)NC(=O)C(=O)Nn2cnnc2)cc1. The van der Waals surface area contributed by atoms with Crippen molar-refractivity contribution in [2.24, 2.45) is 0 Å². The zero-order valence-corrected chi connectivity index (χ0v) is 11.9. The molecule has 0 radical (unpaired) electrons. The van der Waals surface area contributed by atoms with Gasteiger partial charge in [0.2, 0.25) is 0 Å². The van der Waals surface area contributed by atoms with Crippen molar-refractivity contribution in [1.29, 1.82) is 0 Å². The van der Waals surface area contributed by atoms with Crippen LogP contribution in [0.4, 0.5) is 0 Å². The maximum atomic E-state index is 11.8. The first-order valence-electron chi connectivity index (χ1n) is 6.65. The molecule has 110 valence electrons. The largest absolute Gasteiger partial charge is 0.341 e. The van der Waals surface area contributed by atoms with Crippen LogP contribution in [-0.2, 0) is 16.0 Å². The normalized spacial score (nSPS) is 11.7. The third kappa shape index (κ3) is 3.88. The summed E-state index contributed by atoms with van der Waals surface area (Å²) in [5, 5.41) is 9.69. The van der Waals surface area contributed by atoms with E-state index in [9.17, 15) is 9.59 Å². The Bertz CT molecular complexity index is 607. The van der Waals surface area contributed by atoms with E-state index in [2.05, 4.69) is 27.9 Å². The Hall–Kier alpha value is -2.70. The van der Waals surface area contributed by atoms with E-state index in [1.807, 2.05) is 31.2 Å². The van der Waals surface area contributed by atoms with E-state index in [4.69, 9.17) is 0 Å². The molecule has 0 saturated heterocycles. The highest BCUT2D eigenvalue weighted by atomic mass is 16.2. The summed E-state index contributed by atoms with van der Waals surface area (Å²) in [6.07, 6.45) is 3.54. The van der Waals surface area contributed by atoms with Crippen molar-refractivity contribution >= 4 is 11.8 Å². The lowest BCUT2D eigenvalue weighted by atomic mass is 10.1. The highest BCUT2D eigenvalue weighted by Gasteiger charge is 2.17. The van der Waals surface area contributed by atoms with Crippen LogP contribution in [0.15, 0.2) is 36.9 Å². The van der Waals surface area contributed by atoms with Crippen molar-refractivity contribution in [1.82, 2.24) is 20.2 Å².